The van der Waals surface area contributed by atoms with E-state index in [2.05, 4.69) is 55.6 Å². The molecule has 4 nitrogen and oxygen atoms in total. The quantitative estimate of drug-likeness (QED) is 0.0424. The zero-order chi connectivity index (χ0) is 41.4. The van der Waals surface area contributed by atoms with Gasteiger partial charge in [-0.25, -0.2) is 0 Å². The Bertz CT molecular complexity index is 908. The minimum atomic E-state index is -0.870. The van der Waals surface area contributed by atoms with Gasteiger partial charge in [-0.1, -0.05) is 236 Å². The van der Waals surface area contributed by atoms with Crippen LogP contribution >= 0.6 is 0 Å². The third kappa shape index (κ3) is 45.3. The van der Waals surface area contributed by atoms with E-state index in [-0.39, 0.29) is 12.5 Å². The Morgan fingerprint density at radius 3 is 1.02 bits per heavy atom. The highest BCUT2D eigenvalue weighted by Crippen LogP contribution is 2.15. The maximum atomic E-state index is 12.4. The van der Waals surface area contributed by atoms with E-state index in [4.69, 9.17) is 0 Å². The molecule has 0 rings (SSSR count). The van der Waals surface area contributed by atoms with Crippen LogP contribution in [0.2, 0.25) is 0 Å². The van der Waals surface area contributed by atoms with Gasteiger partial charge in [0.15, 0.2) is 0 Å². The number of hydrogen-bond acceptors (Lipinski definition) is 3. The van der Waals surface area contributed by atoms with Crippen molar-refractivity contribution in [3.8, 4) is 0 Å². The lowest BCUT2D eigenvalue weighted by atomic mass is 10.0. The Morgan fingerprint density at radius 1 is 0.404 bits per heavy atom. The van der Waals surface area contributed by atoms with Crippen LogP contribution in [-0.2, 0) is 4.79 Å². The van der Waals surface area contributed by atoms with Crippen molar-refractivity contribution < 1.29 is 15.0 Å². The molecule has 0 aromatic carbocycles. The first-order valence-electron chi connectivity index (χ1n) is 25.4. The van der Waals surface area contributed by atoms with Crippen molar-refractivity contribution in [1.82, 2.24) is 5.32 Å². The summed E-state index contributed by atoms with van der Waals surface area (Å²) in [5, 5.41) is 23.1. The SMILES string of the molecule is CCCCCCCCCC/C=C\CCCCCCCCCCCCCCCCCC(=O)NC(CO)C(O)/C=C/CC/C=C/CC/C=C/CCCCCCCCCC. The molecule has 0 aromatic rings. The third-order valence-corrected chi connectivity index (χ3v) is 11.5. The zero-order valence-electron chi connectivity index (χ0n) is 38.4. The topological polar surface area (TPSA) is 69.6 Å². The lowest BCUT2D eigenvalue weighted by Crippen LogP contribution is -2.45. The highest BCUT2D eigenvalue weighted by Gasteiger charge is 2.17. The van der Waals surface area contributed by atoms with Crippen LogP contribution in [0.25, 0.3) is 0 Å². The molecule has 0 aliphatic heterocycles. The first kappa shape index (κ1) is 55.4. The molecule has 0 aliphatic carbocycles. The van der Waals surface area contributed by atoms with Crippen LogP contribution in [0.5, 0.6) is 0 Å². The summed E-state index contributed by atoms with van der Waals surface area (Å²) >= 11 is 0. The third-order valence-electron chi connectivity index (χ3n) is 11.5. The van der Waals surface area contributed by atoms with Gasteiger partial charge in [0.1, 0.15) is 0 Å². The second-order valence-corrected chi connectivity index (χ2v) is 17.2. The van der Waals surface area contributed by atoms with Crippen molar-refractivity contribution in [2.45, 2.75) is 276 Å². The minimum absolute atomic E-state index is 0.0759. The zero-order valence-corrected chi connectivity index (χ0v) is 38.4. The van der Waals surface area contributed by atoms with E-state index >= 15 is 0 Å². The number of amides is 1. The van der Waals surface area contributed by atoms with E-state index < -0.39 is 12.1 Å². The minimum Gasteiger partial charge on any atom is -0.394 e. The summed E-state index contributed by atoms with van der Waals surface area (Å²) in [4.78, 5) is 12.4. The second kappa shape index (κ2) is 48.7. The molecule has 0 fully saturated rings. The fraction of sp³-hybridized carbons (Fsp3) is 0.830. The summed E-state index contributed by atoms with van der Waals surface area (Å²) in [5.41, 5.74) is 0. The number of hydrogen-bond donors (Lipinski definition) is 3. The van der Waals surface area contributed by atoms with E-state index in [0.29, 0.717) is 6.42 Å². The van der Waals surface area contributed by atoms with Gasteiger partial charge < -0.3 is 15.5 Å². The Morgan fingerprint density at radius 2 is 0.684 bits per heavy atom. The highest BCUT2D eigenvalue weighted by atomic mass is 16.3. The molecule has 0 bridgehead atoms. The molecular weight excluding hydrogens is 699 g/mol. The summed E-state index contributed by atoms with van der Waals surface area (Å²) in [6.07, 6.45) is 66.8. The standard InChI is InChI=1S/C53H99NO3/c1-3-5-7-9-11-13-15-17-19-21-23-24-25-26-27-28-29-30-31-33-35-37-39-41-43-45-47-49-53(57)54-51(50-55)52(56)48-46-44-42-40-38-36-34-32-22-20-18-16-14-12-10-8-6-4-2/h21-23,32,38,40,46,48,51-52,55-56H,3-20,24-31,33-37,39,41-45,47,49-50H2,1-2H3,(H,54,57)/b23-21-,32-22+,40-38+,48-46+. The number of carbonyl (C=O) groups is 1. The van der Waals surface area contributed by atoms with Gasteiger partial charge in [-0.2, -0.15) is 0 Å². The highest BCUT2D eigenvalue weighted by molar-refractivity contribution is 5.76. The molecular formula is C53H99NO3. The summed E-state index contributed by atoms with van der Waals surface area (Å²) in [7, 11) is 0. The first-order chi connectivity index (χ1) is 28.2. The molecule has 334 valence electrons. The largest absolute Gasteiger partial charge is 0.394 e. The number of aliphatic hydroxyl groups excluding tert-OH is 2. The van der Waals surface area contributed by atoms with Gasteiger partial charge >= 0.3 is 0 Å². The molecule has 4 heteroatoms. The maximum Gasteiger partial charge on any atom is 0.220 e. The van der Waals surface area contributed by atoms with Crippen LogP contribution in [0.3, 0.4) is 0 Å². The van der Waals surface area contributed by atoms with Crippen molar-refractivity contribution in [2.75, 3.05) is 6.61 Å². The molecule has 0 heterocycles. The Hall–Kier alpha value is -1.65. The molecule has 57 heavy (non-hydrogen) atoms. The summed E-state index contributed by atoms with van der Waals surface area (Å²) in [6.45, 7) is 4.30. The molecule has 2 unspecified atom stereocenters. The van der Waals surface area contributed by atoms with E-state index in [0.717, 1.165) is 38.5 Å². The van der Waals surface area contributed by atoms with Gasteiger partial charge in [0, 0.05) is 6.42 Å². The predicted molar refractivity (Wildman–Crippen MR) is 253 cm³/mol. The normalized spacial score (nSPS) is 13.3. The van der Waals surface area contributed by atoms with Gasteiger partial charge in [-0.05, 0) is 70.6 Å². The number of unbranched alkanes of at least 4 members (excludes halogenated alkanes) is 33. The van der Waals surface area contributed by atoms with Crippen LogP contribution in [0, 0.1) is 0 Å². The van der Waals surface area contributed by atoms with Gasteiger partial charge in [-0.3, -0.25) is 4.79 Å². The molecule has 0 aliphatic rings. The number of rotatable bonds is 46. The summed E-state index contributed by atoms with van der Waals surface area (Å²) in [6, 6.07) is -0.645. The molecule has 0 spiro atoms. The number of nitrogens with one attached hydrogen (secondary N) is 1. The number of carbonyl (C=O) groups excluding carboxylic acids is 1. The smallest absolute Gasteiger partial charge is 0.220 e. The van der Waals surface area contributed by atoms with Crippen LogP contribution < -0.4 is 5.32 Å². The van der Waals surface area contributed by atoms with Gasteiger partial charge in [0.05, 0.1) is 18.8 Å². The lowest BCUT2D eigenvalue weighted by molar-refractivity contribution is -0.123. The van der Waals surface area contributed by atoms with Gasteiger partial charge in [0.25, 0.3) is 0 Å². The Balaban J connectivity index is 3.54. The van der Waals surface area contributed by atoms with Crippen molar-refractivity contribution >= 4 is 5.91 Å². The molecule has 0 saturated carbocycles. The molecule has 2 atom stereocenters. The fourth-order valence-corrected chi connectivity index (χ4v) is 7.62. The van der Waals surface area contributed by atoms with E-state index in [1.54, 1.807) is 6.08 Å². The fourth-order valence-electron chi connectivity index (χ4n) is 7.62. The van der Waals surface area contributed by atoms with Crippen molar-refractivity contribution in [3.05, 3.63) is 48.6 Å². The summed E-state index contributed by atoms with van der Waals surface area (Å²) in [5.74, 6) is -0.0759. The molecule has 3 N–H and O–H groups in total. The van der Waals surface area contributed by atoms with E-state index in [9.17, 15) is 15.0 Å². The molecule has 0 aromatic heterocycles. The van der Waals surface area contributed by atoms with Crippen molar-refractivity contribution in [1.29, 1.82) is 0 Å². The van der Waals surface area contributed by atoms with Crippen LogP contribution in [0.15, 0.2) is 48.6 Å². The van der Waals surface area contributed by atoms with Crippen LogP contribution in [0.1, 0.15) is 264 Å². The number of allylic oxidation sites excluding steroid dienone is 7. The Labute approximate surface area is 356 Å². The second-order valence-electron chi connectivity index (χ2n) is 17.2. The first-order valence-corrected chi connectivity index (χ1v) is 25.4. The molecule has 0 saturated heterocycles. The average molecular weight is 798 g/mol. The average Bonchev–Trinajstić information content (AvgIpc) is 3.22. The summed E-state index contributed by atoms with van der Waals surface area (Å²) < 4.78 is 0. The lowest BCUT2D eigenvalue weighted by Gasteiger charge is -2.19. The Kier molecular flexibility index (Phi) is 47.3. The monoisotopic (exact) mass is 798 g/mol. The van der Waals surface area contributed by atoms with Crippen LogP contribution in [-0.4, -0.2) is 34.9 Å². The van der Waals surface area contributed by atoms with Crippen molar-refractivity contribution in [2.24, 2.45) is 0 Å². The number of aliphatic hydroxyl groups is 2. The predicted octanol–water partition coefficient (Wildman–Crippen LogP) is 16.3. The van der Waals surface area contributed by atoms with E-state index in [1.165, 1.54) is 205 Å². The molecule has 0 radical (unpaired) electrons. The van der Waals surface area contributed by atoms with Gasteiger partial charge in [-0.15, -0.1) is 0 Å². The molecule has 1 amide bonds. The van der Waals surface area contributed by atoms with Gasteiger partial charge in [0.2, 0.25) is 5.91 Å². The van der Waals surface area contributed by atoms with Crippen LogP contribution in [0.4, 0.5) is 0 Å². The van der Waals surface area contributed by atoms with Crippen molar-refractivity contribution in [3.63, 3.8) is 0 Å². The maximum absolute atomic E-state index is 12.4. The van der Waals surface area contributed by atoms with E-state index in [1.807, 2.05) is 6.08 Å².